The lowest BCUT2D eigenvalue weighted by Gasteiger charge is -1.83. The summed E-state index contributed by atoms with van der Waals surface area (Å²) in [6.07, 6.45) is 1.04. The summed E-state index contributed by atoms with van der Waals surface area (Å²) in [7, 11) is 0. The third kappa shape index (κ3) is 0.878. The van der Waals surface area contributed by atoms with Crippen LogP contribution >= 0.6 is 11.3 Å². The Balaban J connectivity index is 2.77. The first-order chi connectivity index (χ1) is 5.33. The number of hydrogen-bond acceptors (Lipinski definition) is 2. The average Bonchev–Trinajstić information content (AvgIpc) is 2.53. The molecule has 2 rings (SSSR count). The number of aryl methyl sites for hydroxylation is 2. The van der Waals surface area contributed by atoms with Crippen molar-refractivity contribution in [2.75, 3.05) is 0 Å². The summed E-state index contributed by atoms with van der Waals surface area (Å²) >= 11 is 1.78. The Bertz CT molecular complexity index is 372. The number of rotatable bonds is 1. The number of fused-ring (bicyclic) bond motifs is 1. The van der Waals surface area contributed by atoms with Crippen molar-refractivity contribution in [1.82, 2.24) is 10.2 Å². The van der Waals surface area contributed by atoms with Crippen molar-refractivity contribution in [2.45, 2.75) is 20.3 Å². The fourth-order valence-electron chi connectivity index (χ4n) is 1.20. The predicted molar refractivity (Wildman–Crippen MR) is 48.1 cm³/mol. The molecule has 58 valence electrons. The molecule has 0 unspecified atom stereocenters. The van der Waals surface area contributed by atoms with E-state index in [1.165, 1.54) is 16.0 Å². The van der Waals surface area contributed by atoms with Gasteiger partial charge in [0.05, 0.1) is 10.4 Å². The van der Waals surface area contributed by atoms with Crippen molar-refractivity contribution in [2.24, 2.45) is 0 Å². The van der Waals surface area contributed by atoms with E-state index in [1.54, 1.807) is 11.3 Å². The first-order valence-corrected chi connectivity index (χ1v) is 4.62. The van der Waals surface area contributed by atoms with Gasteiger partial charge in [0.2, 0.25) is 0 Å². The van der Waals surface area contributed by atoms with Crippen LogP contribution in [0.4, 0.5) is 0 Å². The van der Waals surface area contributed by atoms with E-state index in [-0.39, 0.29) is 0 Å². The number of aromatic nitrogens is 2. The van der Waals surface area contributed by atoms with Gasteiger partial charge < -0.3 is 0 Å². The Morgan fingerprint density at radius 1 is 1.64 bits per heavy atom. The Morgan fingerprint density at radius 2 is 2.45 bits per heavy atom. The quantitative estimate of drug-likeness (QED) is 0.692. The van der Waals surface area contributed by atoms with E-state index < -0.39 is 0 Å². The molecule has 1 N–H and O–H groups in total. The van der Waals surface area contributed by atoms with Crippen molar-refractivity contribution >= 4 is 21.6 Å². The Labute approximate surface area is 69.2 Å². The maximum Gasteiger partial charge on any atom is 0.106 e. The molecule has 0 aromatic carbocycles. The first kappa shape index (κ1) is 6.85. The van der Waals surface area contributed by atoms with Gasteiger partial charge in [0.25, 0.3) is 0 Å². The van der Waals surface area contributed by atoms with Crippen LogP contribution in [-0.4, -0.2) is 10.2 Å². The molecule has 0 aliphatic heterocycles. The standard InChI is InChI=1S/C8H10N2S/c1-3-6-8-7(10-9-6)5(2)4-11-8/h4H,3H2,1-2H3,(H,9,10). The zero-order chi connectivity index (χ0) is 7.84. The summed E-state index contributed by atoms with van der Waals surface area (Å²) < 4.78 is 1.32. The lowest BCUT2D eigenvalue weighted by Crippen LogP contribution is -1.77. The van der Waals surface area contributed by atoms with Crippen LogP contribution in [0.5, 0.6) is 0 Å². The maximum atomic E-state index is 4.23. The van der Waals surface area contributed by atoms with E-state index in [1.807, 2.05) is 0 Å². The van der Waals surface area contributed by atoms with Gasteiger partial charge in [-0.15, -0.1) is 11.3 Å². The number of H-pyrrole nitrogens is 1. The second-order valence-corrected chi connectivity index (χ2v) is 3.53. The third-order valence-electron chi connectivity index (χ3n) is 1.87. The zero-order valence-electron chi connectivity index (χ0n) is 6.64. The van der Waals surface area contributed by atoms with E-state index in [4.69, 9.17) is 0 Å². The van der Waals surface area contributed by atoms with Crippen LogP contribution in [0.15, 0.2) is 5.38 Å². The monoisotopic (exact) mass is 166 g/mol. The van der Waals surface area contributed by atoms with E-state index in [2.05, 4.69) is 29.4 Å². The Morgan fingerprint density at radius 3 is 3.18 bits per heavy atom. The van der Waals surface area contributed by atoms with Crippen LogP contribution in [0.25, 0.3) is 10.2 Å². The molecule has 0 saturated carbocycles. The second kappa shape index (κ2) is 2.34. The summed E-state index contributed by atoms with van der Waals surface area (Å²) in [5.74, 6) is 0. The summed E-state index contributed by atoms with van der Waals surface area (Å²) in [4.78, 5) is 0. The van der Waals surface area contributed by atoms with Gasteiger partial charge in [-0.25, -0.2) is 0 Å². The van der Waals surface area contributed by atoms with Crippen molar-refractivity contribution in [3.63, 3.8) is 0 Å². The fourth-order valence-corrected chi connectivity index (χ4v) is 2.26. The van der Waals surface area contributed by atoms with E-state index in [9.17, 15) is 0 Å². The minimum absolute atomic E-state index is 1.04. The van der Waals surface area contributed by atoms with Gasteiger partial charge in [0.15, 0.2) is 0 Å². The van der Waals surface area contributed by atoms with Crippen LogP contribution in [0, 0.1) is 6.92 Å². The van der Waals surface area contributed by atoms with Crippen LogP contribution < -0.4 is 0 Å². The highest BCUT2D eigenvalue weighted by Crippen LogP contribution is 2.26. The normalized spacial score (nSPS) is 11.1. The molecule has 0 fully saturated rings. The molecule has 11 heavy (non-hydrogen) atoms. The molecule has 0 saturated heterocycles. The van der Waals surface area contributed by atoms with Gasteiger partial charge in [-0.05, 0) is 24.3 Å². The minimum atomic E-state index is 1.04. The summed E-state index contributed by atoms with van der Waals surface area (Å²) in [6.45, 7) is 4.24. The molecule has 0 radical (unpaired) electrons. The van der Waals surface area contributed by atoms with Crippen molar-refractivity contribution in [3.05, 3.63) is 16.6 Å². The molecule has 0 bridgehead atoms. The zero-order valence-corrected chi connectivity index (χ0v) is 7.46. The molecular formula is C8H10N2S. The number of hydrogen-bond donors (Lipinski definition) is 1. The molecule has 0 aliphatic carbocycles. The second-order valence-electron chi connectivity index (χ2n) is 2.65. The molecule has 0 spiro atoms. The summed E-state index contributed by atoms with van der Waals surface area (Å²) in [5.41, 5.74) is 3.69. The highest BCUT2D eigenvalue weighted by molar-refractivity contribution is 7.17. The molecule has 2 heterocycles. The maximum absolute atomic E-state index is 4.23. The smallest absolute Gasteiger partial charge is 0.106 e. The highest BCUT2D eigenvalue weighted by Gasteiger charge is 2.06. The van der Waals surface area contributed by atoms with E-state index in [0.717, 1.165) is 11.9 Å². The Kier molecular flexibility index (Phi) is 1.46. The minimum Gasteiger partial charge on any atom is -0.280 e. The average molecular weight is 166 g/mol. The fraction of sp³-hybridized carbons (Fsp3) is 0.375. The van der Waals surface area contributed by atoms with Crippen LogP contribution in [0.2, 0.25) is 0 Å². The van der Waals surface area contributed by atoms with Crippen molar-refractivity contribution in [1.29, 1.82) is 0 Å². The van der Waals surface area contributed by atoms with Gasteiger partial charge in [-0.1, -0.05) is 6.92 Å². The molecule has 2 aromatic rings. The van der Waals surface area contributed by atoms with E-state index in [0.29, 0.717) is 0 Å². The topological polar surface area (TPSA) is 28.7 Å². The molecule has 2 aromatic heterocycles. The van der Waals surface area contributed by atoms with Gasteiger partial charge in [-0.3, -0.25) is 5.10 Å². The predicted octanol–water partition coefficient (Wildman–Crippen LogP) is 2.50. The molecule has 2 nitrogen and oxygen atoms in total. The lowest BCUT2D eigenvalue weighted by atomic mass is 10.3. The SMILES string of the molecule is CCc1[nH]nc2c(C)csc12. The van der Waals surface area contributed by atoms with Crippen molar-refractivity contribution in [3.8, 4) is 0 Å². The van der Waals surface area contributed by atoms with Crippen molar-refractivity contribution < 1.29 is 0 Å². The number of nitrogens with zero attached hydrogens (tertiary/aromatic N) is 1. The summed E-state index contributed by atoms with van der Waals surface area (Å²) in [6, 6.07) is 0. The summed E-state index contributed by atoms with van der Waals surface area (Å²) in [5, 5.41) is 9.44. The van der Waals surface area contributed by atoms with Gasteiger partial charge in [-0.2, -0.15) is 5.10 Å². The molecule has 3 heteroatoms. The van der Waals surface area contributed by atoms with Gasteiger partial charge in [0.1, 0.15) is 5.52 Å². The molecule has 0 aliphatic rings. The largest absolute Gasteiger partial charge is 0.280 e. The van der Waals surface area contributed by atoms with Crippen LogP contribution in [-0.2, 0) is 6.42 Å². The number of aromatic amines is 1. The van der Waals surface area contributed by atoms with E-state index >= 15 is 0 Å². The Hall–Kier alpha value is -0.830. The van der Waals surface area contributed by atoms with Gasteiger partial charge >= 0.3 is 0 Å². The van der Waals surface area contributed by atoms with Crippen LogP contribution in [0.3, 0.4) is 0 Å². The lowest BCUT2D eigenvalue weighted by molar-refractivity contribution is 0.987. The first-order valence-electron chi connectivity index (χ1n) is 3.74. The highest BCUT2D eigenvalue weighted by atomic mass is 32.1. The number of thiophene rings is 1. The molecule has 0 amide bonds. The molecule has 0 atom stereocenters. The van der Waals surface area contributed by atoms with Crippen LogP contribution in [0.1, 0.15) is 18.2 Å². The van der Waals surface area contributed by atoms with Gasteiger partial charge in [0, 0.05) is 0 Å². The third-order valence-corrected chi connectivity index (χ3v) is 3.02. The number of nitrogens with one attached hydrogen (secondary N) is 1. The molecular weight excluding hydrogens is 156 g/mol.